The molecule has 0 fully saturated rings. The van der Waals surface area contributed by atoms with Crippen LogP contribution in [0.4, 0.5) is 0 Å². The fourth-order valence-corrected chi connectivity index (χ4v) is 2.14. The van der Waals surface area contributed by atoms with Gasteiger partial charge in [0.1, 0.15) is 0 Å². The lowest BCUT2D eigenvalue weighted by Crippen LogP contribution is -2.51. The van der Waals surface area contributed by atoms with E-state index in [0.717, 1.165) is 0 Å². The highest BCUT2D eigenvalue weighted by Crippen LogP contribution is 2.32. The van der Waals surface area contributed by atoms with Crippen LogP contribution in [0.25, 0.3) is 0 Å². The fraction of sp³-hybridized carbons (Fsp3) is 1.00. The Morgan fingerprint density at radius 3 is 1.73 bits per heavy atom. The minimum absolute atomic E-state index is 0.272. The molecule has 0 aliphatic carbocycles. The van der Waals surface area contributed by atoms with Crippen LogP contribution in [0.1, 0.15) is 34.1 Å². The summed E-state index contributed by atoms with van der Waals surface area (Å²) in [6.45, 7) is 9.16. The van der Waals surface area contributed by atoms with Crippen molar-refractivity contribution in [3.8, 4) is 0 Å². The summed E-state index contributed by atoms with van der Waals surface area (Å²) in [5.41, 5.74) is 0.612. The third-order valence-corrected chi connectivity index (χ3v) is 3.34. The first-order valence-electron chi connectivity index (χ1n) is 4.12. The predicted molar refractivity (Wildman–Crippen MR) is 60.4 cm³/mol. The zero-order valence-corrected chi connectivity index (χ0v) is 10.4. The molecule has 1 N–H and O–H groups in total. The van der Waals surface area contributed by atoms with E-state index in [2.05, 4.69) is 62.7 Å². The standard InChI is InChI=1S/C9H20IN/c1-8(2,3)9(4,11-5)6-7-10/h11H,6-7H2,1-5H3. The molecule has 0 aromatic heterocycles. The molecule has 1 unspecified atom stereocenters. The zero-order chi connectivity index (χ0) is 9.12. The van der Waals surface area contributed by atoms with Crippen LogP contribution in [-0.4, -0.2) is 17.0 Å². The van der Waals surface area contributed by atoms with Gasteiger partial charge in [-0.15, -0.1) is 0 Å². The molecule has 0 aromatic rings. The van der Waals surface area contributed by atoms with Crippen molar-refractivity contribution >= 4 is 22.6 Å². The lowest BCUT2D eigenvalue weighted by atomic mass is 9.73. The van der Waals surface area contributed by atoms with Crippen molar-refractivity contribution < 1.29 is 0 Å². The lowest BCUT2D eigenvalue weighted by Gasteiger charge is -2.41. The van der Waals surface area contributed by atoms with E-state index in [4.69, 9.17) is 0 Å². The van der Waals surface area contributed by atoms with Crippen molar-refractivity contribution in [1.82, 2.24) is 5.32 Å². The Kier molecular flexibility index (Phi) is 4.33. The molecular weight excluding hydrogens is 249 g/mol. The first-order valence-corrected chi connectivity index (χ1v) is 5.65. The number of hydrogen-bond acceptors (Lipinski definition) is 1. The maximum absolute atomic E-state index is 3.41. The van der Waals surface area contributed by atoms with E-state index in [0.29, 0.717) is 5.41 Å². The highest BCUT2D eigenvalue weighted by Gasteiger charge is 2.34. The third-order valence-electron chi connectivity index (χ3n) is 2.80. The molecule has 0 saturated heterocycles. The molecule has 0 amide bonds. The van der Waals surface area contributed by atoms with E-state index in [1.54, 1.807) is 0 Å². The summed E-state index contributed by atoms with van der Waals surface area (Å²) in [5, 5.41) is 3.41. The molecular formula is C9H20IN. The lowest BCUT2D eigenvalue weighted by molar-refractivity contribution is 0.164. The van der Waals surface area contributed by atoms with E-state index < -0.39 is 0 Å². The molecule has 0 heterocycles. The second-order valence-corrected chi connectivity index (χ2v) is 5.35. The van der Waals surface area contributed by atoms with Crippen LogP contribution in [-0.2, 0) is 0 Å². The zero-order valence-electron chi connectivity index (χ0n) is 8.29. The summed E-state index contributed by atoms with van der Waals surface area (Å²) in [4.78, 5) is 0. The Morgan fingerprint density at radius 1 is 1.18 bits per heavy atom. The third kappa shape index (κ3) is 2.90. The summed E-state index contributed by atoms with van der Waals surface area (Å²) in [6, 6.07) is 0. The normalized spacial score (nSPS) is 18.0. The van der Waals surface area contributed by atoms with Gasteiger partial charge in [0.05, 0.1) is 0 Å². The smallest absolute Gasteiger partial charge is 0.0205 e. The molecule has 68 valence electrons. The van der Waals surface area contributed by atoms with E-state index in [-0.39, 0.29) is 5.54 Å². The molecule has 0 saturated carbocycles. The van der Waals surface area contributed by atoms with Crippen LogP contribution < -0.4 is 5.32 Å². The molecule has 0 spiro atoms. The Bertz CT molecular complexity index is 117. The molecule has 0 aromatic carbocycles. The molecule has 1 nitrogen and oxygen atoms in total. The molecule has 0 bridgehead atoms. The van der Waals surface area contributed by atoms with Gasteiger partial charge in [-0.05, 0) is 25.8 Å². The van der Waals surface area contributed by atoms with E-state index in [1.807, 2.05) is 0 Å². The average Bonchev–Trinajstić information content (AvgIpc) is 1.86. The molecule has 0 radical (unpaired) electrons. The van der Waals surface area contributed by atoms with Gasteiger partial charge >= 0.3 is 0 Å². The molecule has 0 aliphatic rings. The second-order valence-electron chi connectivity index (χ2n) is 4.27. The molecule has 2 heteroatoms. The van der Waals surface area contributed by atoms with Crippen molar-refractivity contribution in [2.24, 2.45) is 5.41 Å². The molecule has 1 atom stereocenters. The minimum atomic E-state index is 0.272. The van der Waals surface area contributed by atoms with E-state index >= 15 is 0 Å². The number of rotatable bonds is 3. The second kappa shape index (κ2) is 4.08. The SMILES string of the molecule is CNC(C)(CCI)C(C)(C)C. The van der Waals surface area contributed by atoms with Gasteiger partial charge in [-0.1, -0.05) is 43.4 Å². The number of nitrogens with one attached hydrogen (secondary N) is 1. The van der Waals surface area contributed by atoms with Crippen LogP contribution in [0.15, 0.2) is 0 Å². The maximum atomic E-state index is 3.41. The Morgan fingerprint density at radius 2 is 1.64 bits per heavy atom. The Hall–Kier alpha value is 0.690. The summed E-state index contributed by atoms with van der Waals surface area (Å²) < 4.78 is 1.21. The monoisotopic (exact) mass is 269 g/mol. The molecule has 11 heavy (non-hydrogen) atoms. The van der Waals surface area contributed by atoms with Gasteiger partial charge in [-0.3, -0.25) is 0 Å². The van der Waals surface area contributed by atoms with Crippen LogP contribution >= 0.6 is 22.6 Å². The topological polar surface area (TPSA) is 12.0 Å². The summed E-state index contributed by atoms with van der Waals surface area (Å²) in [7, 11) is 2.05. The van der Waals surface area contributed by atoms with E-state index in [9.17, 15) is 0 Å². The van der Waals surface area contributed by atoms with Crippen molar-refractivity contribution in [2.75, 3.05) is 11.5 Å². The van der Waals surface area contributed by atoms with Crippen molar-refractivity contribution in [1.29, 1.82) is 0 Å². The van der Waals surface area contributed by atoms with Gasteiger partial charge in [-0.25, -0.2) is 0 Å². The van der Waals surface area contributed by atoms with Gasteiger partial charge in [0.25, 0.3) is 0 Å². The van der Waals surface area contributed by atoms with Crippen LogP contribution in [0, 0.1) is 5.41 Å². The maximum Gasteiger partial charge on any atom is 0.0205 e. The first kappa shape index (κ1) is 11.7. The van der Waals surface area contributed by atoms with Crippen LogP contribution in [0.5, 0.6) is 0 Å². The van der Waals surface area contributed by atoms with Crippen molar-refractivity contribution in [2.45, 2.75) is 39.7 Å². The Labute approximate surface area is 84.5 Å². The highest BCUT2D eigenvalue weighted by molar-refractivity contribution is 14.1. The summed E-state index contributed by atoms with van der Waals surface area (Å²) >= 11 is 2.44. The van der Waals surface area contributed by atoms with Gasteiger partial charge in [-0.2, -0.15) is 0 Å². The average molecular weight is 269 g/mol. The highest BCUT2D eigenvalue weighted by atomic mass is 127. The van der Waals surface area contributed by atoms with Gasteiger partial charge < -0.3 is 5.32 Å². The van der Waals surface area contributed by atoms with Crippen molar-refractivity contribution in [3.05, 3.63) is 0 Å². The van der Waals surface area contributed by atoms with Gasteiger partial charge in [0, 0.05) is 9.97 Å². The summed E-state index contributed by atoms with van der Waals surface area (Å²) in [6.07, 6.45) is 1.23. The predicted octanol–water partition coefficient (Wildman–Crippen LogP) is 2.84. The number of hydrogen-bond donors (Lipinski definition) is 1. The quantitative estimate of drug-likeness (QED) is 0.613. The number of halogens is 1. The van der Waals surface area contributed by atoms with Crippen molar-refractivity contribution in [3.63, 3.8) is 0 Å². The molecule has 0 aliphatic heterocycles. The van der Waals surface area contributed by atoms with Crippen LogP contribution in [0.2, 0.25) is 0 Å². The van der Waals surface area contributed by atoms with Crippen LogP contribution in [0.3, 0.4) is 0 Å². The fourth-order valence-electron chi connectivity index (χ4n) is 1.06. The summed E-state index contributed by atoms with van der Waals surface area (Å²) in [5.74, 6) is 0. The van der Waals surface area contributed by atoms with Gasteiger partial charge in [0.2, 0.25) is 0 Å². The molecule has 0 rings (SSSR count). The Balaban J connectivity index is 4.33. The minimum Gasteiger partial charge on any atom is -0.314 e. The van der Waals surface area contributed by atoms with Gasteiger partial charge in [0.15, 0.2) is 0 Å². The largest absolute Gasteiger partial charge is 0.314 e. The number of alkyl halides is 1. The first-order chi connectivity index (χ1) is 4.87. The van der Waals surface area contributed by atoms with E-state index in [1.165, 1.54) is 10.8 Å².